The second-order valence-corrected chi connectivity index (χ2v) is 4.77. The van der Waals surface area contributed by atoms with Crippen LogP contribution < -0.4 is 15.8 Å². The summed E-state index contributed by atoms with van der Waals surface area (Å²) in [6.07, 6.45) is 1.10. The minimum absolute atomic E-state index is 0.0796. The van der Waals surface area contributed by atoms with E-state index in [1.807, 2.05) is 0 Å². The van der Waals surface area contributed by atoms with Gasteiger partial charge >= 0.3 is 0 Å². The molecule has 0 bridgehead atoms. The highest BCUT2D eigenvalue weighted by molar-refractivity contribution is 6.34. The van der Waals surface area contributed by atoms with Crippen molar-refractivity contribution in [3.05, 3.63) is 23.2 Å². The number of halogens is 1. The molecule has 19 heavy (non-hydrogen) atoms. The summed E-state index contributed by atoms with van der Waals surface area (Å²) >= 11 is 6.00. The van der Waals surface area contributed by atoms with Crippen LogP contribution in [0, 0.1) is 5.41 Å². The van der Waals surface area contributed by atoms with Crippen LogP contribution in [0.3, 0.4) is 0 Å². The third-order valence-corrected chi connectivity index (χ3v) is 3.53. The Labute approximate surface area is 115 Å². The molecule has 0 spiro atoms. The van der Waals surface area contributed by atoms with Crippen LogP contribution in [-0.2, 0) is 4.79 Å². The quantitative estimate of drug-likeness (QED) is 0.340. The van der Waals surface area contributed by atoms with Gasteiger partial charge in [-0.05, 0) is 25.0 Å². The first kappa shape index (κ1) is 13.5. The molecular formula is C12H14ClN3O3. The fourth-order valence-electron chi connectivity index (χ4n) is 1.79. The molecule has 1 aliphatic carbocycles. The fourth-order valence-corrected chi connectivity index (χ4v) is 1.95. The first-order valence-electron chi connectivity index (χ1n) is 5.66. The summed E-state index contributed by atoms with van der Waals surface area (Å²) in [4.78, 5) is 12.2. The van der Waals surface area contributed by atoms with E-state index in [0.717, 1.165) is 0 Å². The van der Waals surface area contributed by atoms with Crippen molar-refractivity contribution < 1.29 is 14.7 Å². The average molecular weight is 284 g/mol. The van der Waals surface area contributed by atoms with Gasteiger partial charge in [0, 0.05) is 6.07 Å². The number of carbonyl (C=O) groups is 1. The number of carbonyl (C=O) groups excluding carboxylic acids is 1. The molecule has 102 valence electrons. The van der Waals surface area contributed by atoms with E-state index >= 15 is 0 Å². The smallest absolute Gasteiger partial charge is 0.238 e. The molecule has 0 radical (unpaired) electrons. The number of hydrogen-bond donors (Lipinski definition) is 3. The van der Waals surface area contributed by atoms with E-state index in [9.17, 15) is 4.79 Å². The number of nitrogens with zero attached hydrogens (tertiary/aromatic N) is 1. The third-order valence-electron chi connectivity index (χ3n) is 3.20. The summed E-state index contributed by atoms with van der Waals surface area (Å²) in [6.45, 7) is 0. The van der Waals surface area contributed by atoms with Crippen molar-refractivity contribution in [2.75, 3.05) is 12.4 Å². The van der Waals surface area contributed by atoms with Gasteiger partial charge in [-0.1, -0.05) is 16.8 Å². The summed E-state index contributed by atoms with van der Waals surface area (Å²) in [5.41, 5.74) is 5.06. The van der Waals surface area contributed by atoms with Gasteiger partial charge in [0.05, 0.1) is 17.8 Å². The van der Waals surface area contributed by atoms with Crippen molar-refractivity contribution in [1.82, 2.24) is 0 Å². The third kappa shape index (κ3) is 2.44. The molecule has 1 fully saturated rings. The number of oxime groups is 1. The lowest BCUT2D eigenvalue weighted by Gasteiger charge is -2.15. The maximum absolute atomic E-state index is 12.2. The van der Waals surface area contributed by atoms with Crippen molar-refractivity contribution in [3.8, 4) is 5.75 Å². The maximum Gasteiger partial charge on any atom is 0.238 e. The molecule has 6 nitrogen and oxygen atoms in total. The molecule has 1 aromatic carbocycles. The van der Waals surface area contributed by atoms with Gasteiger partial charge < -0.3 is 21.0 Å². The van der Waals surface area contributed by atoms with Crippen molar-refractivity contribution in [1.29, 1.82) is 0 Å². The number of nitrogens with two attached hydrogens (primary N) is 1. The number of nitrogens with one attached hydrogen (secondary N) is 1. The van der Waals surface area contributed by atoms with Crippen LogP contribution in [-0.4, -0.2) is 24.1 Å². The number of amidine groups is 1. The standard InChI is InChI=1S/C12H14ClN3O3/c1-19-7-2-3-8(13)9(6-7)15-11(17)12(4-5-12)10(14)16-18/h2-3,6,18H,4-5H2,1H3,(H2,14,16)(H,15,17). The number of methoxy groups -OCH3 is 1. The lowest BCUT2D eigenvalue weighted by molar-refractivity contribution is -0.119. The van der Waals surface area contributed by atoms with E-state index in [2.05, 4.69) is 10.5 Å². The summed E-state index contributed by atoms with van der Waals surface area (Å²) < 4.78 is 5.06. The van der Waals surface area contributed by atoms with Crippen LogP contribution >= 0.6 is 11.6 Å². The topological polar surface area (TPSA) is 96.9 Å². The van der Waals surface area contributed by atoms with Crippen LogP contribution in [0.15, 0.2) is 23.4 Å². The van der Waals surface area contributed by atoms with Gasteiger partial charge in [0.2, 0.25) is 5.91 Å². The van der Waals surface area contributed by atoms with E-state index in [1.54, 1.807) is 18.2 Å². The number of amides is 1. The van der Waals surface area contributed by atoms with Crippen molar-refractivity contribution in [2.45, 2.75) is 12.8 Å². The zero-order chi connectivity index (χ0) is 14.0. The Morgan fingerprint density at radius 2 is 2.26 bits per heavy atom. The normalized spacial score (nSPS) is 16.8. The Morgan fingerprint density at radius 1 is 1.58 bits per heavy atom. The van der Waals surface area contributed by atoms with Gasteiger partial charge in [0.1, 0.15) is 11.2 Å². The molecule has 0 aliphatic heterocycles. The van der Waals surface area contributed by atoms with Crippen LogP contribution in [0.1, 0.15) is 12.8 Å². The van der Waals surface area contributed by atoms with Crippen LogP contribution in [0.25, 0.3) is 0 Å². The summed E-state index contributed by atoms with van der Waals surface area (Å²) in [5, 5.41) is 14.7. The first-order chi connectivity index (χ1) is 9.03. The molecule has 2 rings (SSSR count). The number of benzene rings is 1. The summed E-state index contributed by atoms with van der Waals surface area (Å²) in [5.74, 6) is 0.162. The predicted molar refractivity (Wildman–Crippen MR) is 71.7 cm³/mol. The molecule has 1 saturated carbocycles. The monoisotopic (exact) mass is 283 g/mol. The highest BCUT2D eigenvalue weighted by atomic mass is 35.5. The average Bonchev–Trinajstić information content (AvgIpc) is 3.22. The summed E-state index contributed by atoms with van der Waals surface area (Å²) in [7, 11) is 1.52. The minimum atomic E-state index is -0.916. The highest BCUT2D eigenvalue weighted by Gasteiger charge is 2.54. The minimum Gasteiger partial charge on any atom is -0.497 e. The lowest BCUT2D eigenvalue weighted by atomic mass is 10.1. The van der Waals surface area contributed by atoms with Crippen molar-refractivity contribution in [3.63, 3.8) is 0 Å². The van der Waals surface area contributed by atoms with Gasteiger partial charge in [0.25, 0.3) is 0 Å². The van der Waals surface area contributed by atoms with E-state index in [0.29, 0.717) is 29.3 Å². The molecule has 0 saturated heterocycles. The molecule has 4 N–H and O–H groups in total. The van der Waals surface area contributed by atoms with Crippen LogP contribution in [0.5, 0.6) is 5.75 Å². The van der Waals surface area contributed by atoms with Gasteiger partial charge in [-0.2, -0.15) is 0 Å². The second-order valence-electron chi connectivity index (χ2n) is 4.37. The zero-order valence-corrected chi connectivity index (χ0v) is 11.1. The Kier molecular flexibility index (Phi) is 3.53. The molecule has 0 unspecified atom stereocenters. The number of hydrogen-bond acceptors (Lipinski definition) is 4. The SMILES string of the molecule is COc1ccc(Cl)c(NC(=O)C2(/C(N)=N/O)CC2)c1. The molecule has 1 aliphatic rings. The fraction of sp³-hybridized carbons (Fsp3) is 0.333. The lowest BCUT2D eigenvalue weighted by Crippen LogP contribution is -2.36. The maximum atomic E-state index is 12.2. The largest absolute Gasteiger partial charge is 0.497 e. The Morgan fingerprint density at radius 3 is 2.79 bits per heavy atom. The number of anilines is 1. The molecule has 0 aromatic heterocycles. The molecule has 7 heteroatoms. The van der Waals surface area contributed by atoms with Gasteiger partial charge in [-0.15, -0.1) is 0 Å². The van der Waals surface area contributed by atoms with Gasteiger partial charge in [0.15, 0.2) is 5.84 Å². The first-order valence-corrected chi connectivity index (χ1v) is 6.04. The molecular weight excluding hydrogens is 270 g/mol. The van der Waals surface area contributed by atoms with Crippen LogP contribution in [0.2, 0.25) is 5.02 Å². The van der Waals surface area contributed by atoms with Gasteiger partial charge in [-0.3, -0.25) is 4.79 Å². The molecule has 0 heterocycles. The second kappa shape index (κ2) is 4.97. The zero-order valence-electron chi connectivity index (χ0n) is 10.3. The predicted octanol–water partition coefficient (Wildman–Crippen LogP) is 1.81. The number of rotatable bonds is 4. The molecule has 1 aromatic rings. The Bertz CT molecular complexity index is 541. The Balaban J connectivity index is 2.20. The van der Waals surface area contributed by atoms with Crippen molar-refractivity contribution in [2.24, 2.45) is 16.3 Å². The van der Waals surface area contributed by atoms with E-state index in [-0.39, 0.29) is 11.7 Å². The van der Waals surface area contributed by atoms with Gasteiger partial charge in [-0.25, -0.2) is 0 Å². The number of ether oxygens (including phenoxy) is 1. The van der Waals surface area contributed by atoms with E-state index in [1.165, 1.54) is 7.11 Å². The molecule has 1 amide bonds. The van der Waals surface area contributed by atoms with E-state index in [4.69, 9.17) is 27.3 Å². The highest BCUT2D eigenvalue weighted by Crippen LogP contribution is 2.47. The molecule has 0 atom stereocenters. The van der Waals surface area contributed by atoms with E-state index < -0.39 is 5.41 Å². The van der Waals surface area contributed by atoms with Crippen molar-refractivity contribution >= 4 is 29.0 Å². The summed E-state index contributed by atoms with van der Waals surface area (Å²) in [6, 6.07) is 4.93. The Hall–Kier alpha value is -1.95. The van der Waals surface area contributed by atoms with Crippen LogP contribution in [0.4, 0.5) is 5.69 Å².